The van der Waals surface area contributed by atoms with Crippen LogP contribution in [0.1, 0.15) is 22.3 Å². The Kier molecular flexibility index (Phi) is 9.72. The van der Waals surface area contributed by atoms with Crippen molar-refractivity contribution in [1.82, 2.24) is 5.06 Å². The van der Waals surface area contributed by atoms with Crippen molar-refractivity contribution in [3.05, 3.63) is 144 Å². The molecule has 6 heteroatoms. The zero-order chi connectivity index (χ0) is 28.6. The molecule has 4 aromatic rings. The Morgan fingerprint density at radius 1 is 0.500 bits per heavy atom. The lowest BCUT2D eigenvalue weighted by Gasteiger charge is -2.48. The summed E-state index contributed by atoms with van der Waals surface area (Å²) in [6, 6.07) is 41.0. The van der Waals surface area contributed by atoms with Crippen LogP contribution in [0.15, 0.2) is 121 Å². The molecule has 1 aliphatic heterocycles. The van der Waals surface area contributed by atoms with Crippen LogP contribution in [0.2, 0.25) is 0 Å². The van der Waals surface area contributed by atoms with E-state index in [4.69, 9.17) is 23.8 Å². The largest absolute Gasteiger partial charge is 0.370 e. The molecule has 1 saturated carbocycles. The molecule has 0 aromatic heterocycles. The number of hydrogen-bond donors (Lipinski definition) is 0. The molecule has 0 amide bonds. The van der Waals surface area contributed by atoms with Crippen LogP contribution in [0, 0.1) is 5.92 Å². The molecule has 0 bridgehead atoms. The molecule has 1 heterocycles. The first-order valence-corrected chi connectivity index (χ1v) is 14.7. The standard InChI is InChI=1S/C36H39NO5/c1-37-32-31(26-42-37)33(38-22-27-14-6-2-7-15-27)35(40-24-29-18-10-4-11-19-29)36(41-25-30-20-12-5-13-21-30)34(32)39-23-28-16-8-3-9-17-28/h2-21,31-36H,22-26H2,1H3/t31-,32-,33?,34?,35?,36?/m1/s1. The first-order valence-electron chi connectivity index (χ1n) is 14.7. The van der Waals surface area contributed by atoms with Gasteiger partial charge in [-0.3, -0.25) is 4.84 Å². The molecular formula is C36H39NO5. The van der Waals surface area contributed by atoms with Crippen molar-refractivity contribution in [2.45, 2.75) is 56.9 Å². The number of nitrogens with zero attached hydrogens (tertiary/aromatic N) is 1. The lowest BCUT2D eigenvalue weighted by molar-refractivity contribution is -0.247. The fourth-order valence-corrected chi connectivity index (χ4v) is 6.07. The van der Waals surface area contributed by atoms with Crippen molar-refractivity contribution < 1.29 is 23.8 Å². The monoisotopic (exact) mass is 565 g/mol. The molecule has 0 radical (unpaired) electrons. The molecule has 6 atom stereocenters. The quantitative estimate of drug-likeness (QED) is 0.204. The van der Waals surface area contributed by atoms with Crippen molar-refractivity contribution in [1.29, 1.82) is 0 Å². The van der Waals surface area contributed by atoms with Gasteiger partial charge in [0.2, 0.25) is 0 Å². The van der Waals surface area contributed by atoms with Gasteiger partial charge in [0.1, 0.15) is 18.3 Å². The van der Waals surface area contributed by atoms with Gasteiger partial charge in [-0.15, -0.1) is 0 Å². The van der Waals surface area contributed by atoms with Gasteiger partial charge in [-0.1, -0.05) is 121 Å². The number of fused-ring (bicyclic) bond motifs is 1. The van der Waals surface area contributed by atoms with Crippen LogP contribution in [-0.2, 0) is 50.2 Å². The zero-order valence-corrected chi connectivity index (χ0v) is 24.0. The maximum Gasteiger partial charge on any atom is 0.114 e. The maximum absolute atomic E-state index is 6.80. The number of ether oxygens (including phenoxy) is 4. The molecule has 0 N–H and O–H groups in total. The fraction of sp³-hybridized carbons (Fsp3) is 0.333. The Labute approximate surface area is 248 Å². The Morgan fingerprint density at radius 2 is 0.833 bits per heavy atom. The van der Waals surface area contributed by atoms with E-state index in [-0.39, 0.29) is 30.3 Å². The summed E-state index contributed by atoms with van der Waals surface area (Å²) < 4.78 is 27.1. The second-order valence-corrected chi connectivity index (χ2v) is 11.0. The van der Waals surface area contributed by atoms with E-state index in [9.17, 15) is 0 Å². The number of hydroxylamine groups is 2. The van der Waals surface area contributed by atoms with Gasteiger partial charge in [-0.25, -0.2) is 0 Å². The lowest BCUT2D eigenvalue weighted by Crippen LogP contribution is -2.65. The van der Waals surface area contributed by atoms with E-state index in [2.05, 4.69) is 48.5 Å². The van der Waals surface area contributed by atoms with Crippen LogP contribution >= 0.6 is 0 Å². The Hall–Kier alpha value is -3.36. The summed E-state index contributed by atoms with van der Waals surface area (Å²) in [5.74, 6) is 0.0387. The van der Waals surface area contributed by atoms with Crippen LogP contribution in [0.4, 0.5) is 0 Å². The summed E-state index contributed by atoms with van der Waals surface area (Å²) in [6.45, 7) is 2.36. The summed E-state index contributed by atoms with van der Waals surface area (Å²) in [5, 5.41) is 1.94. The van der Waals surface area contributed by atoms with Gasteiger partial charge >= 0.3 is 0 Å². The highest BCUT2D eigenvalue weighted by molar-refractivity contribution is 5.17. The molecule has 0 spiro atoms. The Morgan fingerprint density at radius 3 is 1.24 bits per heavy atom. The average molecular weight is 566 g/mol. The molecule has 4 unspecified atom stereocenters. The number of hydrogen-bond acceptors (Lipinski definition) is 6. The van der Waals surface area contributed by atoms with Crippen LogP contribution in [0.5, 0.6) is 0 Å². The molecule has 2 aliphatic rings. The number of rotatable bonds is 12. The summed E-state index contributed by atoms with van der Waals surface area (Å²) in [7, 11) is 1.98. The van der Waals surface area contributed by atoms with E-state index in [0.717, 1.165) is 22.3 Å². The van der Waals surface area contributed by atoms with Crippen molar-refractivity contribution in [2.75, 3.05) is 13.7 Å². The molecule has 42 heavy (non-hydrogen) atoms. The summed E-state index contributed by atoms with van der Waals surface area (Å²) in [6.07, 6.45) is -1.34. The highest BCUT2D eigenvalue weighted by atomic mass is 16.7. The molecule has 6 nitrogen and oxygen atoms in total. The fourth-order valence-electron chi connectivity index (χ4n) is 6.07. The smallest absolute Gasteiger partial charge is 0.114 e. The highest BCUT2D eigenvalue weighted by Gasteiger charge is 2.57. The van der Waals surface area contributed by atoms with Gasteiger partial charge in [0, 0.05) is 13.0 Å². The number of likely N-dealkylation sites (N-methyl/N-ethyl adjacent to an activating group) is 1. The van der Waals surface area contributed by atoms with E-state index < -0.39 is 6.10 Å². The summed E-state index contributed by atoms with van der Waals surface area (Å²) >= 11 is 0. The predicted octanol–water partition coefficient (Wildman–Crippen LogP) is 6.20. The third kappa shape index (κ3) is 6.98. The normalized spacial score (nSPS) is 25.7. The first kappa shape index (κ1) is 28.7. The minimum Gasteiger partial charge on any atom is -0.370 e. The minimum atomic E-state index is -0.399. The van der Waals surface area contributed by atoms with Crippen LogP contribution in [0.25, 0.3) is 0 Å². The van der Waals surface area contributed by atoms with E-state index in [1.165, 1.54) is 0 Å². The molecule has 4 aromatic carbocycles. The zero-order valence-electron chi connectivity index (χ0n) is 24.0. The average Bonchev–Trinajstić information content (AvgIpc) is 3.44. The third-order valence-electron chi connectivity index (χ3n) is 8.20. The van der Waals surface area contributed by atoms with Crippen LogP contribution < -0.4 is 0 Å². The van der Waals surface area contributed by atoms with Gasteiger partial charge in [-0.2, -0.15) is 5.06 Å². The highest BCUT2D eigenvalue weighted by Crippen LogP contribution is 2.41. The summed E-state index contributed by atoms with van der Waals surface area (Å²) in [4.78, 5) is 6.15. The van der Waals surface area contributed by atoms with E-state index >= 15 is 0 Å². The summed E-state index contributed by atoms with van der Waals surface area (Å²) in [5.41, 5.74) is 4.43. The third-order valence-corrected chi connectivity index (χ3v) is 8.20. The van der Waals surface area contributed by atoms with Crippen molar-refractivity contribution in [3.63, 3.8) is 0 Å². The van der Waals surface area contributed by atoms with Gasteiger partial charge in [-0.05, 0) is 22.3 Å². The van der Waals surface area contributed by atoms with Gasteiger partial charge < -0.3 is 18.9 Å². The van der Waals surface area contributed by atoms with Gasteiger partial charge in [0.05, 0.1) is 45.2 Å². The van der Waals surface area contributed by atoms with Crippen molar-refractivity contribution in [2.24, 2.45) is 5.92 Å². The predicted molar refractivity (Wildman–Crippen MR) is 161 cm³/mol. The SMILES string of the molecule is CN1OC[C@H]2C(OCc3ccccc3)C(OCc3ccccc3)C(OCc3ccccc3)C(OCc3ccccc3)[C@@H]21. The molecule has 218 valence electrons. The van der Waals surface area contributed by atoms with Crippen LogP contribution in [-0.4, -0.2) is 49.2 Å². The Balaban J connectivity index is 1.32. The van der Waals surface area contributed by atoms with E-state index in [0.29, 0.717) is 33.0 Å². The van der Waals surface area contributed by atoms with Crippen molar-refractivity contribution in [3.8, 4) is 0 Å². The van der Waals surface area contributed by atoms with Crippen LogP contribution in [0.3, 0.4) is 0 Å². The second kappa shape index (κ2) is 14.2. The molecular weight excluding hydrogens is 526 g/mol. The van der Waals surface area contributed by atoms with Gasteiger partial charge in [0.15, 0.2) is 0 Å². The Bertz CT molecular complexity index is 1340. The van der Waals surface area contributed by atoms with E-state index in [1.54, 1.807) is 0 Å². The maximum atomic E-state index is 6.80. The molecule has 2 fully saturated rings. The van der Waals surface area contributed by atoms with Crippen molar-refractivity contribution >= 4 is 0 Å². The minimum absolute atomic E-state index is 0.0387. The molecule has 1 saturated heterocycles. The molecule has 1 aliphatic carbocycles. The first-order chi connectivity index (χ1) is 20.8. The van der Waals surface area contributed by atoms with Gasteiger partial charge in [0.25, 0.3) is 0 Å². The molecule has 6 rings (SSSR count). The second-order valence-electron chi connectivity index (χ2n) is 11.0. The van der Waals surface area contributed by atoms with E-state index in [1.807, 2.05) is 84.9 Å². The lowest BCUT2D eigenvalue weighted by atomic mass is 9.77. The topological polar surface area (TPSA) is 49.4 Å². The number of benzene rings is 4.